The second kappa shape index (κ2) is 12.4. The zero-order chi connectivity index (χ0) is 25.3. The van der Waals surface area contributed by atoms with Crippen molar-refractivity contribution in [3.63, 3.8) is 0 Å². The smallest absolute Gasteiger partial charge is 0.242 e. The number of nitrogens with one attached hydrogen (secondary N) is 1. The van der Waals surface area contributed by atoms with E-state index in [4.69, 9.17) is 4.74 Å². The van der Waals surface area contributed by atoms with Crippen molar-refractivity contribution >= 4 is 11.8 Å². The number of carbonyl (C=O) groups is 2. The van der Waals surface area contributed by atoms with E-state index in [9.17, 15) is 9.59 Å². The second-order valence-corrected chi connectivity index (χ2v) is 9.61. The van der Waals surface area contributed by atoms with E-state index in [-0.39, 0.29) is 30.2 Å². The molecule has 3 aromatic rings. The van der Waals surface area contributed by atoms with Crippen LogP contribution >= 0.6 is 0 Å². The molecule has 0 saturated heterocycles. The summed E-state index contributed by atoms with van der Waals surface area (Å²) in [5.74, 6) is 0.539. The van der Waals surface area contributed by atoms with Gasteiger partial charge in [-0.2, -0.15) is 0 Å². The molecule has 1 aliphatic rings. The number of ether oxygens (including phenoxy) is 1. The van der Waals surface area contributed by atoms with Crippen LogP contribution in [-0.2, 0) is 16.1 Å². The predicted octanol–water partition coefficient (Wildman–Crippen LogP) is 5.69. The minimum absolute atomic E-state index is 0.0439. The Morgan fingerprint density at radius 1 is 0.889 bits per heavy atom. The summed E-state index contributed by atoms with van der Waals surface area (Å²) in [7, 11) is 1.63. The Labute approximate surface area is 214 Å². The number of methoxy groups -OCH3 is 1. The summed E-state index contributed by atoms with van der Waals surface area (Å²) < 4.78 is 5.29. The van der Waals surface area contributed by atoms with Crippen molar-refractivity contribution in [2.24, 2.45) is 0 Å². The van der Waals surface area contributed by atoms with Gasteiger partial charge in [0.25, 0.3) is 0 Å². The molecule has 188 valence electrons. The average molecular weight is 485 g/mol. The zero-order valence-electron chi connectivity index (χ0n) is 21.2. The Morgan fingerprint density at radius 3 is 1.97 bits per heavy atom. The maximum absolute atomic E-state index is 13.9. The molecule has 0 aromatic heterocycles. The molecular weight excluding hydrogens is 448 g/mol. The average Bonchev–Trinajstić information content (AvgIpc) is 3.44. The van der Waals surface area contributed by atoms with Crippen molar-refractivity contribution in [1.82, 2.24) is 10.2 Å². The lowest BCUT2D eigenvalue weighted by molar-refractivity contribution is -0.141. The highest BCUT2D eigenvalue weighted by molar-refractivity contribution is 5.88. The lowest BCUT2D eigenvalue weighted by Gasteiger charge is -2.31. The summed E-state index contributed by atoms with van der Waals surface area (Å²) >= 11 is 0. The molecule has 0 bridgehead atoms. The molecule has 1 saturated carbocycles. The van der Waals surface area contributed by atoms with E-state index >= 15 is 0 Å². The van der Waals surface area contributed by atoms with E-state index in [1.807, 2.05) is 67.6 Å². The molecule has 0 heterocycles. The third-order valence-corrected chi connectivity index (χ3v) is 7.16. The number of rotatable bonds is 10. The molecule has 36 heavy (non-hydrogen) atoms. The van der Waals surface area contributed by atoms with Crippen LogP contribution in [0, 0.1) is 0 Å². The van der Waals surface area contributed by atoms with E-state index in [2.05, 4.69) is 29.6 Å². The van der Waals surface area contributed by atoms with Crippen molar-refractivity contribution in [3.8, 4) is 5.75 Å². The minimum atomic E-state index is -0.576. The Kier molecular flexibility index (Phi) is 8.77. The topological polar surface area (TPSA) is 58.6 Å². The number of nitrogens with zero attached hydrogens (tertiary/aromatic N) is 1. The van der Waals surface area contributed by atoms with Crippen LogP contribution in [0.1, 0.15) is 61.6 Å². The lowest BCUT2D eigenvalue weighted by Crippen LogP contribution is -2.49. The molecule has 1 atom stereocenters. The summed E-state index contributed by atoms with van der Waals surface area (Å²) in [5.41, 5.74) is 3.13. The molecule has 3 aromatic carbocycles. The van der Waals surface area contributed by atoms with E-state index in [1.54, 1.807) is 12.0 Å². The quantitative estimate of drug-likeness (QED) is 0.402. The molecule has 1 aliphatic carbocycles. The van der Waals surface area contributed by atoms with Crippen LogP contribution in [0.5, 0.6) is 5.75 Å². The van der Waals surface area contributed by atoms with Gasteiger partial charge in [0.1, 0.15) is 11.8 Å². The van der Waals surface area contributed by atoms with Crippen molar-refractivity contribution in [2.75, 3.05) is 7.11 Å². The predicted molar refractivity (Wildman–Crippen MR) is 143 cm³/mol. The van der Waals surface area contributed by atoms with Gasteiger partial charge < -0.3 is 15.0 Å². The third kappa shape index (κ3) is 6.54. The largest absolute Gasteiger partial charge is 0.497 e. The number of hydrogen-bond donors (Lipinski definition) is 1. The summed E-state index contributed by atoms with van der Waals surface area (Å²) in [5, 5.41) is 3.18. The highest BCUT2D eigenvalue weighted by Gasteiger charge is 2.30. The van der Waals surface area contributed by atoms with Gasteiger partial charge in [-0.05, 0) is 48.6 Å². The first kappa shape index (κ1) is 25.5. The van der Waals surface area contributed by atoms with Gasteiger partial charge >= 0.3 is 0 Å². The molecule has 1 N–H and O–H groups in total. The Hall–Kier alpha value is -3.60. The van der Waals surface area contributed by atoms with Gasteiger partial charge in [-0.3, -0.25) is 9.59 Å². The second-order valence-electron chi connectivity index (χ2n) is 9.61. The zero-order valence-corrected chi connectivity index (χ0v) is 21.2. The van der Waals surface area contributed by atoms with E-state index < -0.39 is 6.04 Å². The SMILES string of the molecule is COc1ccc(CN(C(=O)CC(c2ccccc2)c2ccccc2)C(C)C(=O)NC2CCCC2)cc1. The molecule has 0 spiro atoms. The fourth-order valence-corrected chi connectivity index (χ4v) is 4.99. The monoisotopic (exact) mass is 484 g/mol. The maximum Gasteiger partial charge on any atom is 0.242 e. The number of amides is 2. The fraction of sp³-hybridized carbons (Fsp3) is 0.355. The van der Waals surface area contributed by atoms with Gasteiger partial charge in [-0.1, -0.05) is 85.6 Å². The van der Waals surface area contributed by atoms with Gasteiger partial charge in [-0.25, -0.2) is 0 Å². The molecule has 1 fully saturated rings. The fourth-order valence-electron chi connectivity index (χ4n) is 4.99. The number of carbonyl (C=O) groups excluding carboxylic acids is 2. The molecule has 0 radical (unpaired) electrons. The highest BCUT2D eigenvalue weighted by atomic mass is 16.5. The Morgan fingerprint density at radius 2 is 1.44 bits per heavy atom. The lowest BCUT2D eigenvalue weighted by atomic mass is 9.88. The summed E-state index contributed by atoms with van der Waals surface area (Å²) in [6, 6.07) is 27.5. The van der Waals surface area contributed by atoms with Gasteiger partial charge in [0.05, 0.1) is 7.11 Å². The first-order valence-corrected chi connectivity index (χ1v) is 12.9. The molecule has 2 amide bonds. The van der Waals surface area contributed by atoms with Crippen molar-refractivity contribution in [2.45, 2.75) is 63.6 Å². The molecular formula is C31H36N2O3. The van der Waals surface area contributed by atoms with Crippen LogP contribution in [0.15, 0.2) is 84.9 Å². The van der Waals surface area contributed by atoms with Crippen LogP contribution in [0.3, 0.4) is 0 Å². The molecule has 1 unspecified atom stereocenters. The van der Waals surface area contributed by atoms with Crippen molar-refractivity contribution < 1.29 is 14.3 Å². The summed E-state index contributed by atoms with van der Waals surface area (Å²) in [6.45, 7) is 2.20. The van der Waals surface area contributed by atoms with Crippen LogP contribution in [0.25, 0.3) is 0 Å². The molecule has 4 rings (SSSR count). The minimum Gasteiger partial charge on any atom is -0.497 e. The van der Waals surface area contributed by atoms with Gasteiger partial charge in [0, 0.05) is 24.9 Å². The van der Waals surface area contributed by atoms with Crippen molar-refractivity contribution in [3.05, 3.63) is 102 Å². The first-order valence-electron chi connectivity index (χ1n) is 12.9. The summed E-state index contributed by atoms with van der Waals surface area (Å²) in [4.78, 5) is 28.9. The third-order valence-electron chi connectivity index (χ3n) is 7.16. The Bertz CT molecular complexity index is 1070. The molecule has 5 heteroatoms. The van der Waals surface area contributed by atoms with Crippen LogP contribution in [-0.4, -0.2) is 35.9 Å². The van der Waals surface area contributed by atoms with Crippen molar-refractivity contribution in [1.29, 1.82) is 0 Å². The standard InChI is InChI=1S/C31H36N2O3/c1-23(31(35)32-27-15-9-10-16-27)33(22-24-17-19-28(36-2)20-18-24)30(34)21-29(25-11-5-3-6-12-25)26-13-7-4-8-14-26/h3-8,11-14,17-20,23,27,29H,9-10,15-16,21-22H2,1-2H3,(H,32,35). The van der Waals surface area contributed by atoms with Gasteiger partial charge in [0.2, 0.25) is 11.8 Å². The number of benzene rings is 3. The Balaban J connectivity index is 1.59. The highest BCUT2D eigenvalue weighted by Crippen LogP contribution is 2.29. The number of hydrogen-bond acceptors (Lipinski definition) is 3. The van der Waals surface area contributed by atoms with E-state index in [0.29, 0.717) is 6.54 Å². The maximum atomic E-state index is 13.9. The van der Waals surface area contributed by atoms with Crippen LogP contribution in [0.2, 0.25) is 0 Å². The first-order chi connectivity index (χ1) is 17.5. The summed E-state index contributed by atoms with van der Waals surface area (Å²) in [6.07, 6.45) is 4.59. The van der Waals surface area contributed by atoms with Gasteiger partial charge in [-0.15, -0.1) is 0 Å². The molecule has 5 nitrogen and oxygen atoms in total. The van der Waals surface area contributed by atoms with E-state index in [1.165, 1.54) is 0 Å². The van der Waals surface area contributed by atoms with E-state index in [0.717, 1.165) is 48.1 Å². The molecule has 0 aliphatic heterocycles. The van der Waals surface area contributed by atoms with Gasteiger partial charge in [0.15, 0.2) is 0 Å². The van der Waals surface area contributed by atoms with Crippen LogP contribution in [0.4, 0.5) is 0 Å². The van der Waals surface area contributed by atoms with Crippen LogP contribution < -0.4 is 10.1 Å². The normalized spacial score (nSPS) is 14.4.